The number of morpholine rings is 1. The minimum atomic E-state index is 0.00220. The van der Waals surface area contributed by atoms with Crippen molar-refractivity contribution in [3.8, 4) is 0 Å². The molecule has 5 heteroatoms. The van der Waals surface area contributed by atoms with Crippen LogP contribution in [0.15, 0.2) is 42.6 Å². The van der Waals surface area contributed by atoms with Crippen LogP contribution in [0, 0.1) is 0 Å². The van der Waals surface area contributed by atoms with E-state index in [4.69, 9.17) is 4.74 Å². The summed E-state index contributed by atoms with van der Waals surface area (Å²) in [5.74, 6) is 0.00220. The number of allylic oxidation sites excluding steroid dienone is 1. The van der Waals surface area contributed by atoms with Crippen molar-refractivity contribution in [2.45, 2.75) is 13.5 Å². The monoisotopic (exact) mass is 311 g/mol. The van der Waals surface area contributed by atoms with Crippen molar-refractivity contribution in [2.24, 2.45) is 0 Å². The van der Waals surface area contributed by atoms with E-state index in [0.29, 0.717) is 5.56 Å². The van der Waals surface area contributed by atoms with Gasteiger partial charge in [-0.1, -0.05) is 0 Å². The Hall–Kier alpha value is -2.40. The van der Waals surface area contributed by atoms with Gasteiger partial charge in [0.2, 0.25) is 0 Å². The lowest BCUT2D eigenvalue weighted by Gasteiger charge is -2.28. The van der Waals surface area contributed by atoms with Crippen LogP contribution >= 0.6 is 0 Å². The fraction of sp³-hybridized carbons (Fsp3) is 0.333. The van der Waals surface area contributed by atoms with Crippen molar-refractivity contribution >= 4 is 17.5 Å². The predicted octanol–water partition coefficient (Wildman–Crippen LogP) is 2.64. The first-order chi connectivity index (χ1) is 11.3. The highest BCUT2D eigenvalue weighted by Gasteiger charge is 2.11. The second-order valence-corrected chi connectivity index (χ2v) is 5.42. The van der Waals surface area contributed by atoms with Gasteiger partial charge in [0, 0.05) is 37.1 Å². The molecule has 1 saturated heterocycles. The van der Waals surface area contributed by atoms with Gasteiger partial charge in [-0.2, -0.15) is 5.10 Å². The van der Waals surface area contributed by atoms with Gasteiger partial charge in [-0.25, -0.2) is 0 Å². The van der Waals surface area contributed by atoms with Crippen molar-refractivity contribution in [3.05, 3.63) is 53.9 Å². The quantitative estimate of drug-likeness (QED) is 0.629. The zero-order chi connectivity index (χ0) is 16.1. The number of carbonyl (C=O) groups is 1. The van der Waals surface area contributed by atoms with Gasteiger partial charge in [0.15, 0.2) is 5.78 Å². The number of aromatic nitrogens is 2. The molecule has 0 aliphatic carbocycles. The van der Waals surface area contributed by atoms with E-state index in [1.165, 1.54) is 0 Å². The van der Waals surface area contributed by atoms with Crippen LogP contribution in [0.25, 0.3) is 6.08 Å². The van der Waals surface area contributed by atoms with Gasteiger partial charge >= 0.3 is 0 Å². The van der Waals surface area contributed by atoms with Crippen LogP contribution in [0.5, 0.6) is 0 Å². The average molecular weight is 311 g/mol. The minimum Gasteiger partial charge on any atom is -0.378 e. The Morgan fingerprint density at radius 3 is 2.65 bits per heavy atom. The lowest BCUT2D eigenvalue weighted by Crippen LogP contribution is -2.36. The maximum absolute atomic E-state index is 12.3. The van der Waals surface area contributed by atoms with Gasteiger partial charge in [-0.3, -0.25) is 9.48 Å². The Balaban J connectivity index is 1.67. The summed E-state index contributed by atoms with van der Waals surface area (Å²) in [6.45, 7) is 6.12. The second-order valence-electron chi connectivity index (χ2n) is 5.42. The van der Waals surface area contributed by atoms with Crippen LogP contribution in [0.2, 0.25) is 0 Å². The topological polar surface area (TPSA) is 47.4 Å². The summed E-state index contributed by atoms with van der Waals surface area (Å²) in [5, 5.41) is 4.19. The van der Waals surface area contributed by atoms with Gasteiger partial charge in [0.05, 0.1) is 18.9 Å². The molecule has 1 aliphatic rings. The molecule has 0 unspecified atom stereocenters. The molecule has 2 aromatic rings. The summed E-state index contributed by atoms with van der Waals surface area (Å²) in [4.78, 5) is 14.5. The molecular formula is C18H21N3O2. The normalized spacial score (nSPS) is 15.3. The molecule has 0 atom stereocenters. The molecular weight excluding hydrogens is 290 g/mol. The summed E-state index contributed by atoms with van der Waals surface area (Å²) in [6.07, 6.45) is 5.16. The van der Waals surface area contributed by atoms with Crippen molar-refractivity contribution < 1.29 is 9.53 Å². The molecule has 0 radical (unpaired) electrons. The summed E-state index contributed by atoms with van der Waals surface area (Å²) >= 11 is 0. The molecule has 1 fully saturated rings. The van der Waals surface area contributed by atoms with Crippen LogP contribution in [0.1, 0.15) is 23.0 Å². The highest BCUT2D eigenvalue weighted by Crippen LogP contribution is 2.17. The van der Waals surface area contributed by atoms with E-state index in [0.717, 1.165) is 44.2 Å². The Labute approximate surface area is 136 Å². The summed E-state index contributed by atoms with van der Waals surface area (Å²) in [5.41, 5.74) is 2.77. The Kier molecular flexibility index (Phi) is 4.88. The van der Waals surface area contributed by atoms with E-state index in [-0.39, 0.29) is 5.78 Å². The number of ether oxygens (including phenoxy) is 1. The lowest BCUT2D eigenvalue weighted by atomic mass is 10.1. The first-order valence-electron chi connectivity index (χ1n) is 7.95. The third-order valence-electron chi connectivity index (χ3n) is 3.98. The number of hydrogen-bond acceptors (Lipinski definition) is 4. The largest absolute Gasteiger partial charge is 0.378 e. The Morgan fingerprint density at radius 1 is 1.22 bits per heavy atom. The number of nitrogens with zero attached hydrogens (tertiary/aromatic N) is 3. The first kappa shape index (κ1) is 15.5. The summed E-state index contributed by atoms with van der Waals surface area (Å²) in [6, 6.07) is 9.67. The maximum Gasteiger partial charge on any atom is 0.185 e. The van der Waals surface area contributed by atoms with Crippen LogP contribution < -0.4 is 4.90 Å². The summed E-state index contributed by atoms with van der Waals surface area (Å²) < 4.78 is 7.21. The number of carbonyl (C=O) groups excluding carboxylic acids is 1. The third kappa shape index (κ3) is 3.68. The molecule has 0 spiro atoms. The third-order valence-corrected chi connectivity index (χ3v) is 3.98. The van der Waals surface area contributed by atoms with Gasteiger partial charge in [0.25, 0.3) is 0 Å². The van der Waals surface area contributed by atoms with E-state index in [2.05, 4.69) is 10.00 Å². The van der Waals surface area contributed by atoms with Crippen molar-refractivity contribution in [3.63, 3.8) is 0 Å². The molecule has 1 aromatic heterocycles. The molecule has 5 nitrogen and oxygen atoms in total. The zero-order valence-electron chi connectivity index (χ0n) is 13.3. The number of benzene rings is 1. The Morgan fingerprint density at radius 2 is 1.96 bits per heavy atom. The van der Waals surface area contributed by atoms with Gasteiger partial charge in [-0.15, -0.1) is 0 Å². The molecule has 3 rings (SSSR count). The van der Waals surface area contributed by atoms with Crippen molar-refractivity contribution in [2.75, 3.05) is 31.2 Å². The average Bonchev–Trinajstić information content (AvgIpc) is 3.08. The number of anilines is 1. The molecule has 23 heavy (non-hydrogen) atoms. The molecule has 0 bridgehead atoms. The van der Waals surface area contributed by atoms with E-state index >= 15 is 0 Å². The smallest absolute Gasteiger partial charge is 0.185 e. The molecule has 0 amide bonds. The molecule has 1 aliphatic heterocycles. The van der Waals surface area contributed by atoms with E-state index in [1.807, 2.05) is 48.0 Å². The van der Waals surface area contributed by atoms with Gasteiger partial charge in [0.1, 0.15) is 0 Å². The number of hydrogen-bond donors (Lipinski definition) is 0. The number of ketones is 1. The van der Waals surface area contributed by atoms with Gasteiger partial charge < -0.3 is 9.64 Å². The summed E-state index contributed by atoms with van der Waals surface area (Å²) in [7, 11) is 0. The number of rotatable bonds is 5. The second kappa shape index (κ2) is 7.24. The van der Waals surface area contributed by atoms with Crippen LogP contribution in [-0.2, 0) is 11.3 Å². The fourth-order valence-electron chi connectivity index (χ4n) is 2.66. The van der Waals surface area contributed by atoms with Crippen LogP contribution in [-0.4, -0.2) is 41.9 Å². The lowest BCUT2D eigenvalue weighted by molar-refractivity contribution is 0.104. The molecule has 0 N–H and O–H groups in total. The fourth-order valence-corrected chi connectivity index (χ4v) is 2.66. The van der Waals surface area contributed by atoms with E-state index < -0.39 is 0 Å². The highest BCUT2D eigenvalue weighted by molar-refractivity contribution is 6.06. The molecule has 120 valence electrons. The standard InChI is InChI=1S/C18H21N3O2/c1-2-21-17(9-10-19-21)7-8-18(22)15-3-5-16(6-4-15)20-11-13-23-14-12-20/h3-10H,2,11-14H2,1H3/b8-7+. The first-order valence-corrected chi connectivity index (χ1v) is 7.95. The zero-order valence-corrected chi connectivity index (χ0v) is 13.3. The minimum absolute atomic E-state index is 0.00220. The van der Waals surface area contributed by atoms with Crippen LogP contribution in [0.3, 0.4) is 0 Å². The molecule has 0 saturated carbocycles. The highest BCUT2D eigenvalue weighted by atomic mass is 16.5. The van der Waals surface area contributed by atoms with Gasteiger partial charge in [-0.05, 0) is 49.4 Å². The van der Waals surface area contributed by atoms with Crippen LogP contribution in [0.4, 0.5) is 5.69 Å². The molecule has 2 heterocycles. The predicted molar refractivity (Wildman–Crippen MR) is 90.7 cm³/mol. The SMILES string of the molecule is CCn1nccc1/C=C/C(=O)c1ccc(N2CCOCC2)cc1. The van der Waals surface area contributed by atoms with E-state index in [9.17, 15) is 4.79 Å². The van der Waals surface area contributed by atoms with E-state index in [1.54, 1.807) is 12.3 Å². The maximum atomic E-state index is 12.3. The molecule has 1 aromatic carbocycles. The number of aryl methyl sites for hydroxylation is 1. The van der Waals surface area contributed by atoms with Crippen molar-refractivity contribution in [1.82, 2.24) is 9.78 Å². The van der Waals surface area contributed by atoms with Crippen molar-refractivity contribution in [1.29, 1.82) is 0 Å². The Bertz CT molecular complexity index is 683.